The van der Waals surface area contributed by atoms with Gasteiger partial charge in [0.25, 0.3) is 5.91 Å². The van der Waals surface area contributed by atoms with Gasteiger partial charge < -0.3 is 29.6 Å². The van der Waals surface area contributed by atoms with Gasteiger partial charge in [-0.3, -0.25) is 4.79 Å². The Morgan fingerprint density at radius 3 is 2.60 bits per heavy atom. The molecule has 3 aromatic rings. The molecule has 0 spiro atoms. The maximum atomic E-state index is 12.2. The van der Waals surface area contributed by atoms with Crippen LogP contribution in [-0.4, -0.2) is 43.3 Å². The fraction of sp³-hybridized carbons (Fsp3) is 0.350. The van der Waals surface area contributed by atoms with E-state index in [4.69, 9.17) is 4.42 Å². The van der Waals surface area contributed by atoms with E-state index < -0.39 is 11.1 Å². The molecule has 30 heavy (non-hydrogen) atoms. The molecule has 1 atom stereocenters. The van der Waals surface area contributed by atoms with Gasteiger partial charge >= 0.3 is 0 Å². The van der Waals surface area contributed by atoms with E-state index in [0.29, 0.717) is 12.3 Å². The van der Waals surface area contributed by atoms with Crippen molar-refractivity contribution in [2.75, 3.05) is 24.7 Å². The highest BCUT2D eigenvalue weighted by Gasteiger charge is 2.21. The molecule has 0 aliphatic heterocycles. The first-order valence-electron chi connectivity index (χ1n) is 9.28. The summed E-state index contributed by atoms with van der Waals surface area (Å²) in [6.07, 6.45) is 1.71. The average Bonchev–Trinajstić information content (AvgIpc) is 3.27. The van der Waals surface area contributed by atoms with Gasteiger partial charge in [0.15, 0.2) is 16.9 Å². The van der Waals surface area contributed by atoms with Crippen LogP contribution in [-0.2, 0) is 12.0 Å². The molecule has 1 amide bonds. The number of carbonyl (C=O) groups excluding carboxylic acids is 1. The number of amides is 1. The zero-order valence-corrected chi connectivity index (χ0v) is 18.3. The number of hydrogen-bond acceptors (Lipinski definition) is 8. The summed E-state index contributed by atoms with van der Waals surface area (Å²) in [6, 6.07) is 6.69. The highest BCUT2D eigenvalue weighted by Crippen LogP contribution is 2.34. The number of carbonyl (C=O) groups is 1. The molecule has 0 saturated heterocycles. The van der Waals surface area contributed by atoms with Gasteiger partial charge in [-0.1, -0.05) is 26.8 Å². The van der Waals surface area contributed by atoms with Crippen LogP contribution >= 0.6 is 11.1 Å². The molecule has 3 rings (SSSR count). The second kappa shape index (κ2) is 8.33. The molecule has 2 aromatic heterocycles. The van der Waals surface area contributed by atoms with Gasteiger partial charge in [-0.2, -0.15) is 0 Å². The molecule has 0 radical (unpaired) electrons. The van der Waals surface area contributed by atoms with Crippen molar-refractivity contribution in [2.45, 2.75) is 32.7 Å². The highest BCUT2D eigenvalue weighted by atomic mass is 32.2. The molecule has 10 heteroatoms. The van der Waals surface area contributed by atoms with E-state index in [1.165, 1.54) is 11.0 Å². The van der Waals surface area contributed by atoms with Crippen molar-refractivity contribution in [1.29, 1.82) is 0 Å². The Labute approximate surface area is 177 Å². The van der Waals surface area contributed by atoms with Crippen molar-refractivity contribution in [3.05, 3.63) is 47.4 Å². The number of hydrogen-bond donors (Lipinski definition) is 3. The van der Waals surface area contributed by atoms with Gasteiger partial charge in [0.1, 0.15) is 5.76 Å². The third-order valence-electron chi connectivity index (χ3n) is 4.44. The molecule has 0 aliphatic carbocycles. The van der Waals surface area contributed by atoms with Crippen LogP contribution in [0, 0.1) is 0 Å². The number of rotatable bonds is 6. The molecule has 0 fully saturated rings. The number of benzene rings is 1. The Bertz CT molecular complexity index is 1050. The molecule has 0 bridgehead atoms. The highest BCUT2D eigenvalue weighted by molar-refractivity contribution is 7.14. The van der Waals surface area contributed by atoms with Crippen molar-refractivity contribution in [1.82, 2.24) is 13.6 Å². The van der Waals surface area contributed by atoms with Crippen molar-refractivity contribution in [3.8, 4) is 5.75 Å². The first-order chi connectivity index (χ1) is 14.1. The fourth-order valence-electron chi connectivity index (χ4n) is 2.68. The SMILES string of the molecule is CN(C)C(=O)c1cccc(Nc2n[s+]([O-])nc2NCc2cc(C(C)(C)C)co2)c1O. The minimum Gasteiger partial charge on any atom is -0.546 e. The first-order valence-corrected chi connectivity index (χ1v) is 10.3. The van der Waals surface area contributed by atoms with Gasteiger partial charge in [0.05, 0.1) is 24.1 Å². The predicted molar refractivity (Wildman–Crippen MR) is 115 cm³/mol. The summed E-state index contributed by atoms with van der Waals surface area (Å²) in [4.78, 5) is 13.6. The minimum absolute atomic E-state index is 0.0329. The Morgan fingerprint density at radius 2 is 1.97 bits per heavy atom. The lowest BCUT2D eigenvalue weighted by atomic mass is 9.89. The molecule has 0 saturated carbocycles. The van der Waals surface area contributed by atoms with Crippen LogP contribution in [0.15, 0.2) is 34.9 Å². The van der Waals surface area contributed by atoms with Crippen molar-refractivity contribution >= 4 is 34.4 Å². The Morgan fingerprint density at radius 1 is 1.27 bits per heavy atom. The van der Waals surface area contributed by atoms with Gasteiger partial charge in [0.2, 0.25) is 11.6 Å². The second-order valence-electron chi connectivity index (χ2n) is 8.04. The standard InChI is InChI=1S/C20H25N5O4S/c1-20(2,3)12-9-13(29-11-12)10-21-17-18(24-30(28)23-17)22-15-8-6-7-14(16(15)26)19(27)25(4)5/h6-9,11,26H,10H2,1-5H3,(H,21,23)(H,22,24). The first kappa shape index (κ1) is 21.6. The minimum atomic E-state index is -1.79. The quantitative estimate of drug-likeness (QED) is 0.397. The van der Waals surface area contributed by atoms with Crippen molar-refractivity contribution in [2.24, 2.45) is 0 Å². The summed E-state index contributed by atoms with van der Waals surface area (Å²) in [7, 11) is 3.20. The second-order valence-corrected chi connectivity index (χ2v) is 8.87. The number of anilines is 3. The van der Waals surface area contributed by atoms with E-state index >= 15 is 0 Å². The van der Waals surface area contributed by atoms with E-state index in [9.17, 15) is 14.5 Å². The lowest BCUT2D eigenvalue weighted by molar-refractivity contribution is 0.0824. The van der Waals surface area contributed by atoms with Gasteiger partial charge in [-0.15, -0.1) is 0 Å². The number of nitrogens with zero attached hydrogens (tertiary/aromatic N) is 3. The lowest BCUT2D eigenvalue weighted by Crippen LogP contribution is -2.21. The molecule has 160 valence electrons. The zero-order valence-electron chi connectivity index (χ0n) is 17.5. The number of aromatic nitrogens is 2. The van der Waals surface area contributed by atoms with Crippen LogP contribution in [0.25, 0.3) is 0 Å². The molecule has 2 heterocycles. The van der Waals surface area contributed by atoms with Crippen LogP contribution in [0.2, 0.25) is 0 Å². The average molecular weight is 432 g/mol. The number of para-hydroxylation sites is 1. The lowest BCUT2D eigenvalue weighted by Gasteiger charge is -2.14. The van der Waals surface area contributed by atoms with Crippen LogP contribution < -0.4 is 10.6 Å². The summed E-state index contributed by atoms with van der Waals surface area (Å²) in [5.41, 5.74) is 1.43. The molecular weight excluding hydrogens is 406 g/mol. The predicted octanol–water partition coefficient (Wildman–Crippen LogP) is 3.86. The summed E-state index contributed by atoms with van der Waals surface area (Å²) >= 11 is -1.79. The van der Waals surface area contributed by atoms with E-state index in [1.807, 2.05) is 6.07 Å². The largest absolute Gasteiger partial charge is 0.546 e. The van der Waals surface area contributed by atoms with Crippen LogP contribution in [0.1, 0.15) is 42.5 Å². The van der Waals surface area contributed by atoms with Gasteiger partial charge in [-0.25, -0.2) is 0 Å². The van der Waals surface area contributed by atoms with Crippen LogP contribution in [0.4, 0.5) is 17.3 Å². The third kappa shape index (κ3) is 4.71. The molecule has 9 nitrogen and oxygen atoms in total. The monoisotopic (exact) mass is 431 g/mol. The zero-order chi connectivity index (χ0) is 22.1. The summed E-state index contributed by atoms with van der Waals surface area (Å²) in [5.74, 6) is 0.594. The molecule has 0 aliphatic rings. The van der Waals surface area contributed by atoms with Crippen LogP contribution in [0.3, 0.4) is 0 Å². The van der Waals surface area contributed by atoms with E-state index in [0.717, 1.165) is 5.56 Å². The normalized spacial score (nSPS) is 12.0. The van der Waals surface area contributed by atoms with E-state index in [1.54, 1.807) is 32.5 Å². The third-order valence-corrected chi connectivity index (χ3v) is 5.12. The summed E-state index contributed by atoms with van der Waals surface area (Å²) < 4.78 is 25.4. The maximum absolute atomic E-state index is 12.2. The Hall–Kier alpha value is -3.11. The van der Waals surface area contributed by atoms with E-state index in [2.05, 4.69) is 40.2 Å². The van der Waals surface area contributed by atoms with Crippen LogP contribution in [0.5, 0.6) is 5.75 Å². The molecule has 1 unspecified atom stereocenters. The number of aromatic hydroxyl groups is 1. The number of nitrogens with one attached hydrogen (secondary N) is 2. The van der Waals surface area contributed by atoms with Crippen molar-refractivity contribution < 1.29 is 18.9 Å². The Balaban J connectivity index is 1.79. The van der Waals surface area contributed by atoms with Gasteiger partial charge in [0, 0.05) is 22.8 Å². The van der Waals surface area contributed by atoms with E-state index in [-0.39, 0.29) is 40.0 Å². The summed E-state index contributed by atoms with van der Waals surface area (Å²) in [5, 5.41) is 16.4. The number of phenols is 1. The molecule has 3 N–H and O–H groups in total. The molecule has 1 aromatic carbocycles. The molecular formula is C20H25N5O4S. The number of phenolic OH excluding ortho intramolecular Hbond substituents is 1. The topological polar surface area (TPSA) is 127 Å². The van der Waals surface area contributed by atoms with Crippen molar-refractivity contribution in [3.63, 3.8) is 0 Å². The summed E-state index contributed by atoms with van der Waals surface area (Å²) in [6.45, 7) is 6.60. The Kier molecular flexibility index (Phi) is 5.99. The fourth-order valence-corrected chi connectivity index (χ4v) is 3.32. The smallest absolute Gasteiger partial charge is 0.257 e. The number of furan rings is 1. The van der Waals surface area contributed by atoms with Gasteiger partial charge in [-0.05, 0) is 29.2 Å². The maximum Gasteiger partial charge on any atom is 0.257 e.